The average molecular weight is 302 g/mol. The van der Waals surface area contributed by atoms with E-state index in [1.165, 1.54) is 12.5 Å². The summed E-state index contributed by atoms with van der Waals surface area (Å²) >= 11 is 0. The van der Waals surface area contributed by atoms with Gasteiger partial charge in [-0.3, -0.25) is 0 Å². The molecular weight excluding hydrogens is 280 g/mol. The smallest absolute Gasteiger partial charge is 0.260 e. The summed E-state index contributed by atoms with van der Waals surface area (Å²) in [7, 11) is -1.82. The standard InChI is InChI=1S/C12H22N4O3S/c1-19-7-5-13-8-11-4-2-3-6-16(11)20(17,18)12-9-14-10-15-12/h9-11,13H,2-8H2,1H3,(H,14,15). The van der Waals surface area contributed by atoms with Crippen molar-refractivity contribution in [3.05, 3.63) is 12.5 Å². The minimum absolute atomic E-state index is 0.00564. The zero-order chi connectivity index (χ0) is 14.4. The predicted octanol–water partition coefficient (Wildman–Crippen LogP) is 0.189. The Morgan fingerprint density at radius 3 is 3.10 bits per heavy atom. The normalized spacial score (nSPS) is 21.1. The van der Waals surface area contributed by atoms with Crippen LogP contribution in [-0.4, -0.2) is 62.1 Å². The van der Waals surface area contributed by atoms with Crippen molar-refractivity contribution in [3.63, 3.8) is 0 Å². The summed E-state index contributed by atoms with van der Waals surface area (Å²) in [5.41, 5.74) is 0. The van der Waals surface area contributed by atoms with Gasteiger partial charge in [0.15, 0.2) is 5.03 Å². The molecule has 0 radical (unpaired) electrons. The van der Waals surface area contributed by atoms with E-state index < -0.39 is 10.0 Å². The van der Waals surface area contributed by atoms with Gasteiger partial charge in [-0.2, -0.15) is 4.31 Å². The molecule has 1 aliphatic heterocycles. The van der Waals surface area contributed by atoms with Crippen LogP contribution in [0.2, 0.25) is 0 Å². The fourth-order valence-electron chi connectivity index (χ4n) is 2.45. The van der Waals surface area contributed by atoms with Gasteiger partial charge in [-0.15, -0.1) is 0 Å². The maximum Gasteiger partial charge on any atom is 0.260 e. The second-order valence-corrected chi connectivity index (χ2v) is 6.74. The highest BCUT2D eigenvalue weighted by Crippen LogP contribution is 2.23. The first kappa shape index (κ1) is 15.4. The highest BCUT2D eigenvalue weighted by Gasteiger charge is 2.33. The van der Waals surface area contributed by atoms with Crippen molar-refractivity contribution in [1.82, 2.24) is 19.6 Å². The third-order valence-corrected chi connectivity index (χ3v) is 5.37. The van der Waals surface area contributed by atoms with Crippen LogP contribution in [0.4, 0.5) is 0 Å². The highest BCUT2D eigenvalue weighted by atomic mass is 32.2. The van der Waals surface area contributed by atoms with Crippen LogP contribution in [0.3, 0.4) is 0 Å². The van der Waals surface area contributed by atoms with Crippen LogP contribution in [0.1, 0.15) is 19.3 Å². The van der Waals surface area contributed by atoms with Crippen molar-refractivity contribution < 1.29 is 13.2 Å². The lowest BCUT2D eigenvalue weighted by atomic mass is 10.1. The second-order valence-electron chi connectivity index (χ2n) is 4.88. The molecule has 7 nitrogen and oxygen atoms in total. The van der Waals surface area contributed by atoms with E-state index >= 15 is 0 Å². The second kappa shape index (κ2) is 7.16. The molecule has 0 amide bonds. The lowest BCUT2D eigenvalue weighted by Gasteiger charge is -2.34. The molecule has 0 aliphatic carbocycles. The molecule has 1 fully saturated rings. The summed E-state index contributed by atoms with van der Waals surface area (Å²) in [6, 6.07) is -0.00564. The Bertz CT molecular complexity index is 489. The number of piperidine rings is 1. The Kier molecular flexibility index (Phi) is 5.53. The van der Waals surface area contributed by atoms with Crippen molar-refractivity contribution in [3.8, 4) is 0 Å². The van der Waals surface area contributed by atoms with E-state index in [0.29, 0.717) is 19.7 Å². The first-order chi connectivity index (χ1) is 9.66. The number of sulfonamides is 1. The van der Waals surface area contributed by atoms with Gasteiger partial charge in [-0.05, 0) is 12.8 Å². The highest BCUT2D eigenvalue weighted by molar-refractivity contribution is 7.89. The molecule has 2 N–H and O–H groups in total. The molecule has 114 valence electrons. The van der Waals surface area contributed by atoms with Gasteiger partial charge in [0.25, 0.3) is 10.0 Å². The minimum Gasteiger partial charge on any atom is -0.383 e. The molecule has 1 aromatic rings. The molecule has 0 aromatic carbocycles. The van der Waals surface area contributed by atoms with Crippen molar-refractivity contribution in [2.24, 2.45) is 0 Å². The van der Waals surface area contributed by atoms with Crippen molar-refractivity contribution in [2.75, 3.05) is 33.4 Å². The van der Waals surface area contributed by atoms with Gasteiger partial charge in [0, 0.05) is 32.8 Å². The van der Waals surface area contributed by atoms with Gasteiger partial charge in [0.05, 0.1) is 19.1 Å². The largest absolute Gasteiger partial charge is 0.383 e. The quantitative estimate of drug-likeness (QED) is 0.702. The first-order valence-electron chi connectivity index (χ1n) is 6.86. The van der Waals surface area contributed by atoms with Gasteiger partial charge < -0.3 is 15.0 Å². The molecule has 1 aliphatic rings. The van der Waals surface area contributed by atoms with Crippen molar-refractivity contribution >= 4 is 10.0 Å². The van der Waals surface area contributed by atoms with Gasteiger partial charge in [0.1, 0.15) is 0 Å². The number of aromatic nitrogens is 2. The Hall–Kier alpha value is -0.960. The Labute approximate surface area is 119 Å². The van der Waals surface area contributed by atoms with Gasteiger partial charge in [0.2, 0.25) is 0 Å². The SMILES string of the molecule is COCCNCC1CCCCN1S(=O)(=O)c1cnc[nH]1. The number of aromatic amines is 1. The third-order valence-electron chi connectivity index (χ3n) is 3.50. The predicted molar refractivity (Wildman–Crippen MR) is 74.9 cm³/mol. The summed E-state index contributed by atoms with van der Waals surface area (Å²) in [4.78, 5) is 6.49. The molecule has 8 heteroatoms. The number of rotatable bonds is 7. The summed E-state index contributed by atoms with van der Waals surface area (Å²) < 4.78 is 31.7. The molecule has 1 atom stereocenters. The molecule has 2 heterocycles. The summed E-state index contributed by atoms with van der Waals surface area (Å²) in [6.45, 7) is 2.57. The van der Waals surface area contributed by atoms with Crippen LogP contribution in [0.5, 0.6) is 0 Å². The molecule has 1 saturated heterocycles. The number of hydrogen-bond acceptors (Lipinski definition) is 5. The number of ether oxygens (including phenoxy) is 1. The van der Waals surface area contributed by atoms with Gasteiger partial charge in [-0.1, -0.05) is 6.42 Å². The van der Waals surface area contributed by atoms with E-state index in [1.54, 1.807) is 11.4 Å². The maximum absolute atomic E-state index is 12.5. The fourth-order valence-corrected chi connectivity index (χ4v) is 4.04. The zero-order valence-electron chi connectivity index (χ0n) is 11.7. The molecule has 1 unspecified atom stereocenters. The number of methoxy groups -OCH3 is 1. The monoisotopic (exact) mass is 302 g/mol. The summed E-state index contributed by atoms with van der Waals surface area (Å²) in [5.74, 6) is 0. The topological polar surface area (TPSA) is 87.3 Å². The fraction of sp³-hybridized carbons (Fsp3) is 0.750. The van der Waals surface area contributed by atoms with Crippen LogP contribution in [0.15, 0.2) is 17.6 Å². The van der Waals surface area contributed by atoms with E-state index in [0.717, 1.165) is 25.8 Å². The molecule has 0 spiro atoms. The van der Waals surface area contributed by atoms with Crippen LogP contribution in [0.25, 0.3) is 0 Å². The van der Waals surface area contributed by atoms with Gasteiger partial charge in [-0.25, -0.2) is 13.4 Å². The first-order valence-corrected chi connectivity index (χ1v) is 8.30. The molecule has 20 heavy (non-hydrogen) atoms. The number of H-pyrrole nitrogens is 1. The number of imidazole rings is 1. The third kappa shape index (κ3) is 3.57. The number of nitrogens with zero attached hydrogens (tertiary/aromatic N) is 2. The van der Waals surface area contributed by atoms with E-state index in [9.17, 15) is 8.42 Å². The lowest BCUT2D eigenvalue weighted by Crippen LogP contribution is -2.48. The zero-order valence-corrected chi connectivity index (χ0v) is 12.5. The molecular formula is C12H22N4O3S. The molecule has 0 saturated carbocycles. The Morgan fingerprint density at radius 2 is 2.40 bits per heavy atom. The maximum atomic E-state index is 12.5. The van der Waals surface area contributed by atoms with E-state index in [-0.39, 0.29) is 11.1 Å². The van der Waals surface area contributed by atoms with Gasteiger partial charge >= 0.3 is 0 Å². The molecule has 2 rings (SSSR count). The summed E-state index contributed by atoms with van der Waals surface area (Å²) in [6.07, 6.45) is 5.60. The van der Waals surface area contributed by atoms with E-state index in [1.807, 2.05) is 0 Å². The van der Waals surface area contributed by atoms with Crippen molar-refractivity contribution in [1.29, 1.82) is 0 Å². The van der Waals surface area contributed by atoms with Crippen LogP contribution in [0, 0.1) is 0 Å². The van der Waals surface area contributed by atoms with Crippen molar-refractivity contribution in [2.45, 2.75) is 30.3 Å². The van der Waals surface area contributed by atoms with Crippen LogP contribution >= 0.6 is 0 Å². The van der Waals surface area contributed by atoms with Crippen LogP contribution < -0.4 is 5.32 Å². The molecule has 0 bridgehead atoms. The summed E-state index contributed by atoms with van der Waals surface area (Å²) in [5, 5.41) is 3.41. The average Bonchev–Trinajstić information content (AvgIpc) is 2.99. The lowest BCUT2D eigenvalue weighted by molar-refractivity contribution is 0.191. The molecule has 1 aromatic heterocycles. The van der Waals surface area contributed by atoms with Crippen LogP contribution in [-0.2, 0) is 14.8 Å². The number of hydrogen-bond donors (Lipinski definition) is 2. The van der Waals surface area contributed by atoms with E-state index in [2.05, 4.69) is 15.3 Å². The minimum atomic E-state index is -3.47. The Balaban J connectivity index is 2.03. The number of nitrogens with one attached hydrogen (secondary N) is 2. The van der Waals surface area contributed by atoms with E-state index in [4.69, 9.17) is 4.74 Å². The Morgan fingerprint density at radius 1 is 1.55 bits per heavy atom.